The van der Waals surface area contributed by atoms with Crippen LogP contribution in [0.1, 0.15) is 56.4 Å². The maximum atomic E-state index is 6.38. The van der Waals surface area contributed by atoms with Crippen molar-refractivity contribution in [2.75, 3.05) is 0 Å². The fourth-order valence-corrected chi connectivity index (χ4v) is 5.02. The van der Waals surface area contributed by atoms with Gasteiger partial charge in [0.25, 0.3) is 0 Å². The Hall–Kier alpha value is -3.92. The maximum Gasteiger partial charge on any atom is 0.227 e. The number of aryl methyl sites for hydroxylation is 1. The highest BCUT2D eigenvalue weighted by molar-refractivity contribution is 6.08. The van der Waals surface area contributed by atoms with Gasteiger partial charge in [-0.15, -0.1) is 0 Å². The summed E-state index contributed by atoms with van der Waals surface area (Å²) in [6.45, 7) is 10.9. The number of benzene rings is 2. The Kier molecular flexibility index (Phi) is 4.99. The number of furan rings is 2. The van der Waals surface area contributed by atoms with Gasteiger partial charge in [-0.2, -0.15) is 0 Å². The molecule has 6 aromatic rings. The summed E-state index contributed by atoms with van der Waals surface area (Å²) in [5.41, 5.74) is 8.81. The quantitative estimate of drug-likeness (QED) is 0.263. The molecule has 6 rings (SSSR count). The first kappa shape index (κ1) is 21.6. The third kappa shape index (κ3) is 3.52. The van der Waals surface area contributed by atoms with Gasteiger partial charge in [-0.05, 0) is 60.2 Å². The molecular weight excluding hydrogens is 432 g/mol. The normalized spacial score (nSPS) is 12.1. The second-order valence-corrected chi connectivity index (χ2v) is 9.93. The number of hydrogen-bond donors (Lipinski definition) is 0. The van der Waals surface area contributed by atoms with Crippen LogP contribution in [0.5, 0.6) is 0 Å². The van der Waals surface area contributed by atoms with Crippen LogP contribution in [-0.4, -0.2) is 9.97 Å². The number of aromatic nitrogens is 2. The van der Waals surface area contributed by atoms with Crippen LogP contribution in [0.15, 0.2) is 75.7 Å². The van der Waals surface area contributed by atoms with Gasteiger partial charge in [0.15, 0.2) is 5.58 Å². The van der Waals surface area contributed by atoms with Gasteiger partial charge >= 0.3 is 0 Å². The lowest BCUT2D eigenvalue weighted by Crippen LogP contribution is -1.98. The highest BCUT2D eigenvalue weighted by Gasteiger charge is 2.20. The number of nitrogens with zero attached hydrogens (tertiary/aromatic N) is 2. The Balaban J connectivity index is 1.53. The molecule has 174 valence electrons. The van der Waals surface area contributed by atoms with Crippen molar-refractivity contribution >= 4 is 33.0 Å². The molecule has 0 spiro atoms. The third-order valence-corrected chi connectivity index (χ3v) is 6.80. The Labute approximate surface area is 204 Å². The van der Waals surface area contributed by atoms with E-state index in [0.717, 1.165) is 50.0 Å². The molecule has 4 aromatic heterocycles. The number of hydrogen-bond acceptors (Lipinski definition) is 4. The number of fused-ring (bicyclic) bond motifs is 4. The fourth-order valence-electron chi connectivity index (χ4n) is 5.02. The minimum absolute atomic E-state index is 0.397. The van der Waals surface area contributed by atoms with Crippen molar-refractivity contribution in [3.63, 3.8) is 0 Å². The lowest BCUT2D eigenvalue weighted by molar-refractivity contribution is 0.625. The summed E-state index contributed by atoms with van der Waals surface area (Å²) in [5.74, 6) is 1.69. The summed E-state index contributed by atoms with van der Waals surface area (Å²) in [6.07, 6.45) is 1.82. The van der Waals surface area contributed by atoms with Gasteiger partial charge in [0.1, 0.15) is 11.3 Å². The molecule has 35 heavy (non-hydrogen) atoms. The van der Waals surface area contributed by atoms with Crippen LogP contribution in [0, 0.1) is 6.92 Å². The molecule has 0 saturated carbocycles. The van der Waals surface area contributed by atoms with E-state index in [9.17, 15) is 0 Å². The fraction of sp³-hybridized carbons (Fsp3) is 0.226. The topological polar surface area (TPSA) is 52.1 Å². The maximum absolute atomic E-state index is 6.38. The second-order valence-electron chi connectivity index (χ2n) is 9.93. The van der Waals surface area contributed by atoms with Gasteiger partial charge in [0, 0.05) is 33.0 Å². The van der Waals surface area contributed by atoms with E-state index >= 15 is 0 Å². The predicted octanol–water partition coefficient (Wildman–Crippen LogP) is 9.01. The van der Waals surface area contributed by atoms with Crippen LogP contribution in [-0.2, 0) is 0 Å². The summed E-state index contributed by atoms with van der Waals surface area (Å²) in [5, 5.41) is 3.10. The summed E-state index contributed by atoms with van der Waals surface area (Å²) >= 11 is 0. The SMILES string of the molecule is Cc1ccc2c(n1)oc1c(-c3cc4cc(-c5c(C(C)C)cccc5C(C)C)oc4cn3)cccc12. The molecular formula is C31H28N2O2. The number of para-hydroxylation sites is 1. The molecule has 0 aliphatic heterocycles. The van der Waals surface area contributed by atoms with Crippen LogP contribution in [0.2, 0.25) is 0 Å². The van der Waals surface area contributed by atoms with E-state index in [1.807, 2.05) is 25.3 Å². The van der Waals surface area contributed by atoms with Crippen molar-refractivity contribution in [2.45, 2.75) is 46.5 Å². The molecule has 2 aromatic carbocycles. The van der Waals surface area contributed by atoms with Crippen LogP contribution < -0.4 is 0 Å². The van der Waals surface area contributed by atoms with Crippen molar-refractivity contribution in [3.05, 3.63) is 83.7 Å². The van der Waals surface area contributed by atoms with E-state index < -0.39 is 0 Å². The zero-order valence-corrected chi connectivity index (χ0v) is 20.7. The summed E-state index contributed by atoms with van der Waals surface area (Å²) in [4.78, 5) is 9.34. The van der Waals surface area contributed by atoms with Gasteiger partial charge in [0.05, 0.1) is 11.9 Å². The Morgan fingerprint density at radius 1 is 0.771 bits per heavy atom. The summed E-state index contributed by atoms with van der Waals surface area (Å²) in [6, 6.07) is 21.1. The zero-order valence-electron chi connectivity index (χ0n) is 20.7. The van der Waals surface area contributed by atoms with Crippen molar-refractivity contribution in [3.8, 4) is 22.6 Å². The van der Waals surface area contributed by atoms with E-state index in [0.29, 0.717) is 17.5 Å². The highest BCUT2D eigenvalue weighted by Crippen LogP contribution is 2.40. The average molecular weight is 461 g/mol. The Morgan fingerprint density at radius 3 is 2.26 bits per heavy atom. The predicted molar refractivity (Wildman–Crippen MR) is 143 cm³/mol. The first-order valence-electron chi connectivity index (χ1n) is 12.2. The van der Waals surface area contributed by atoms with E-state index in [-0.39, 0.29) is 0 Å². The van der Waals surface area contributed by atoms with E-state index in [4.69, 9.17) is 13.8 Å². The largest absolute Gasteiger partial charge is 0.454 e. The van der Waals surface area contributed by atoms with Crippen LogP contribution in [0.4, 0.5) is 0 Å². The van der Waals surface area contributed by atoms with Gasteiger partial charge in [-0.25, -0.2) is 4.98 Å². The van der Waals surface area contributed by atoms with Gasteiger partial charge in [0.2, 0.25) is 5.71 Å². The molecule has 4 heteroatoms. The molecule has 0 radical (unpaired) electrons. The minimum atomic E-state index is 0.397. The summed E-state index contributed by atoms with van der Waals surface area (Å²) < 4.78 is 12.6. The lowest BCUT2D eigenvalue weighted by atomic mass is 9.87. The smallest absolute Gasteiger partial charge is 0.227 e. The average Bonchev–Trinajstić information content (AvgIpc) is 3.43. The van der Waals surface area contributed by atoms with E-state index in [1.165, 1.54) is 16.7 Å². The van der Waals surface area contributed by atoms with Crippen LogP contribution in [0.3, 0.4) is 0 Å². The monoisotopic (exact) mass is 460 g/mol. The molecule has 0 amide bonds. The van der Waals surface area contributed by atoms with Gasteiger partial charge in [-0.1, -0.05) is 58.0 Å². The second kappa shape index (κ2) is 8.09. The van der Waals surface area contributed by atoms with Crippen molar-refractivity contribution in [1.29, 1.82) is 0 Å². The highest BCUT2D eigenvalue weighted by atomic mass is 16.3. The molecule has 0 saturated heterocycles. The summed E-state index contributed by atoms with van der Waals surface area (Å²) in [7, 11) is 0. The van der Waals surface area contributed by atoms with E-state index in [1.54, 1.807) is 0 Å². The van der Waals surface area contributed by atoms with Gasteiger partial charge < -0.3 is 8.83 Å². The van der Waals surface area contributed by atoms with Crippen LogP contribution in [0.25, 0.3) is 55.6 Å². The standard InChI is InChI=1S/C31H28N2O2/c1-17(2)21-8-6-9-22(18(3)4)29(21)27-15-20-14-26(32-16-28(20)34-27)25-11-7-10-23-24-13-12-19(5)33-31(24)35-30(23)25/h6-18H,1-5H3. The van der Waals surface area contributed by atoms with E-state index in [2.05, 4.69) is 81.2 Å². The Bertz CT molecular complexity index is 1690. The molecule has 0 atom stereocenters. The van der Waals surface area contributed by atoms with Crippen molar-refractivity contribution < 1.29 is 8.83 Å². The molecule has 0 aliphatic rings. The molecule has 0 aliphatic carbocycles. The first-order valence-corrected chi connectivity index (χ1v) is 12.2. The number of rotatable bonds is 4. The van der Waals surface area contributed by atoms with Crippen molar-refractivity contribution in [2.24, 2.45) is 0 Å². The lowest BCUT2D eigenvalue weighted by Gasteiger charge is -2.17. The molecule has 0 bridgehead atoms. The third-order valence-electron chi connectivity index (χ3n) is 6.80. The minimum Gasteiger partial charge on any atom is -0.454 e. The molecule has 0 N–H and O–H groups in total. The Morgan fingerprint density at radius 2 is 1.51 bits per heavy atom. The molecule has 4 heterocycles. The number of pyridine rings is 2. The van der Waals surface area contributed by atoms with Crippen LogP contribution >= 0.6 is 0 Å². The zero-order chi connectivity index (χ0) is 24.3. The van der Waals surface area contributed by atoms with Crippen molar-refractivity contribution in [1.82, 2.24) is 9.97 Å². The molecule has 4 nitrogen and oxygen atoms in total. The molecule has 0 fully saturated rings. The molecule has 0 unspecified atom stereocenters. The first-order chi connectivity index (χ1) is 16.9. The van der Waals surface area contributed by atoms with Gasteiger partial charge in [-0.3, -0.25) is 4.98 Å².